The molecule has 0 radical (unpaired) electrons. The van der Waals surface area contributed by atoms with Gasteiger partial charge in [0.2, 0.25) is 0 Å². The number of hydrogen-bond donors (Lipinski definition) is 2. The van der Waals surface area contributed by atoms with Crippen molar-refractivity contribution in [2.24, 2.45) is 0 Å². The molecule has 8 nitrogen and oxygen atoms in total. The molecule has 0 atom stereocenters. The number of aromatic nitrogens is 1. The zero-order chi connectivity index (χ0) is 22.7. The molecule has 0 bridgehead atoms. The standard InChI is InChI=1S/C21H13ClN4O4S2/c22-14-7-3-12(4-8-14)18(27)24-20-17(16-2-1-11-31-16)23-21(32-20)25-19(28)13-5-9-15(10-6-13)26(29)30/h1-11H,(H,24,27)(H,23,25,28). The third-order valence-corrected chi connectivity index (χ3v) is 6.29. The van der Waals surface area contributed by atoms with E-state index in [0.717, 1.165) is 16.2 Å². The lowest BCUT2D eigenvalue weighted by Crippen LogP contribution is -2.11. The van der Waals surface area contributed by atoms with E-state index in [1.165, 1.54) is 35.6 Å². The van der Waals surface area contributed by atoms with Gasteiger partial charge in [-0.15, -0.1) is 11.3 Å². The second-order valence-corrected chi connectivity index (χ2v) is 8.78. The highest BCUT2D eigenvalue weighted by atomic mass is 35.5. The summed E-state index contributed by atoms with van der Waals surface area (Å²) in [6.45, 7) is 0. The lowest BCUT2D eigenvalue weighted by atomic mass is 10.2. The van der Waals surface area contributed by atoms with Crippen LogP contribution in [0.3, 0.4) is 0 Å². The Morgan fingerprint density at radius 2 is 1.56 bits per heavy atom. The molecule has 0 saturated carbocycles. The van der Waals surface area contributed by atoms with Gasteiger partial charge in [0.05, 0.1) is 9.80 Å². The minimum absolute atomic E-state index is 0.108. The van der Waals surface area contributed by atoms with E-state index >= 15 is 0 Å². The van der Waals surface area contributed by atoms with Gasteiger partial charge in [0.25, 0.3) is 17.5 Å². The van der Waals surface area contributed by atoms with Crippen molar-refractivity contribution in [3.05, 3.63) is 92.3 Å². The molecule has 160 valence electrons. The third-order valence-electron chi connectivity index (χ3n) is 4.28. The Hall–Kier alpha value is -3.60. The van der Waals surface area contributed by atoms with Crippen molar-refractivity contribution < 1.29 is 14.5 Å². The summed E-state index contributed by atoms with van der Waals surface area (Å²) in [4.78, 5) is 40.8. The molecule has 2 heterocycles. The highest BCUT2D eigenvalue weighted by molar-refractivity contribution is 7.21. The van der Waals surface area contributed by atoms with Crippen molar-refractivity contribution in [1.82, 2.24) is 4.98 Å². The van der Waals surface area contributed by atoms with Crippen LogP contribution in [-0.4, -0.2) is 21.7 Å². The van der Waals surface area contributed by atoms with Gasteiger partial charge in [-0.05, 0) is 47.8 Å². The average molecular weight is 485 g/mol. The number of amides is 2. The SMILES string of the molecule is O=C(Nc1nc(-c2cccs2)c(NC(=O)c2ccc(Cl)cc2)s1)c1ccc([N+](=O)[O-])cc1. The average Bonchev–Trinajstić information content (AvgIpc) is 3.44. The topological polar surface area (TPSA) is 114 Å². The fourth-order valence-corrected chi connectivity index (χ4v) is 4.50. The van der Waals surface area contributed by atoms with Gasteiger partial charge >= 0.3 is 0 Å². The monoisotopic (exact) mass is 484 g/mol. The number of carbonyl (C=O) groups excluding carboxylic acids is 2. The minimum Gasteiger partial charge on any atom is -0.312 e. The first-order chi connectivity index (χ1) is 15.4. The molecule has 4 aromatic rings. The van der Waals surface area contributed by atoms with Crippen LogP contribution in [0, 0.1) is 10.1 Å². The number of nitro benzene ring substituents is 1. The molecule has 0 unspecified atom stereocenters. The zero-order valence-electron chi connectivity index (χ0n) is 16.1. The number of nitrogens with one attached hydrogen (secondary N) is 2. The highest BCUT2D eigenvalue weighted by Crippen LogP contribution is 2.38. The normalized spacial score (nSPS) is 10.5. The first-order valence-corrected chi connectivity index (χ1v) is 11.2. The van der Waals surface area contributed by atoms with E-state index in [2.05, 4.69) is 15.6 Å². The number of nitro groups is 1. The van der Waals surface area contributed by atoms with Gasteiger partial charge in [0.15, 0.2) is 5.13 Å². The second-order valence-electron chi connectivity index (χ2n) is 6.39. The fraction of sp³-hybridized carbons (Fsp3) is 0. The molecule has 2 aromatic heterocycles. The van der Waals surface area contributed by atoms with E-state index in [1.807, 2.05) is 17.5 Å². The van der Waals surface area contributed by atoms with Crippen molar-refractivity contribution in [3.8, 4) is 10.6 Å². The summed E-state index contributed by atoms with van der Waals surface area (Å²) in [5.74, 6) is -0.807. The number of halogens is 1. The Morgan fingerprint density at radius 3 is 2.16 bits per heavy atom. The summed E-state index contributed by atoms with van der Waals surface area (Å²) in [5.41, 5.74) is 1.10. The maximum absolute atomic E-state index is 12.7. The molecule has 0 aliphatic heterocycles. The van der Waals surface area contributed by atoms with Crippen LogP contribution < -0.4 is 10.6 Å². The number of thiazole rings is 1. The first-order valence-electron chi connectivity index (χ1n) is 9.08. The number of rotatable bonds is 6. The molecule has 2 aromatic carbocycles. The van der Waals surface area contributed by atoms with Crippen molar-refractivity contribution in [2.75, 3.05) is 10.6 Å². The van der Waals surface area contributed by atoms with E-state index in [0.29, 0.717) is 21.3 Å². The van der Waals surface area contributed by atoms with Gasteiger partial charge in [-0.1, -0.05) is 29.0 Å². The Labute approximate surface area is 194 Å². The molecule has 0 spiro atoms. The van der Waals surface area contributed by atoms with E-state index in [1.54, 1.807) is 24.3 Å². The van der Waals surface area contributed by atoms with E-state index in [-0.39, 0.29) is 22.3 Å². The van der Waals surface area contributed by atoms with Gasteiger partial charge in [-0.3, -0.25) is 25.0 Å². The van der Waals surface area contributed by atoms with Gasteiger partial charge in [0, 0.05) is 28.3 Å². The lowest BCUT2D eigenvalue weighted by Gasteiger charge is -2.04. The Bertz CT molecular complexity index is 1290. The Kier molecular flexibility index (Phi) is 6.26. The van der Waals surface area contributed by atoms with Crippen LogP contribution in [0.5, 0.6) is 0 Å². The van der Waals surface area contributed by atoms with Crippen LogP contribution in [0.25, 0.3) is 10.6 Å². The summed E-state index contributed by atoms with van der Waals surface area (Å²) in [7, 11) is 0. The molecule has 2 N–H and O–H groups in total. The molecular weight excluding hydrogens is 472 g/mol. The molecule has 0 aliphatic rings. The van der Waals surface area contributed by atoms with Crippen molar-refractivity contribution >= 4 is 61.9 Å². The summed E-state index contributed by atoms with van der Waals surface area (Å²) < 4.78 is 0. The molecular formula is C21H13ClN4O4S2. The maximum Gasteiger partial charge on any atom is 0.269 e. The van der Waals surface area contributed by atoms with Crippen LogP contribution in [0.15, 0.2) is 66.0 Å². The number of thiophene rings is 1. The minimum atomic E-state index is -0.536. The number of carbonyl (C=O) groups is 2. The number of benzene rings is 2. The molecule has 11 heteroatoms. The maximum atomic E-state index is 12.7. The number of anilines is 2. The van der Waals surface area contributed by atoms with E-state index in [9.17, 15) is 19.7 Å². The van der Waals surface area contributed by atoms with Crippen LogP contribution in [0.2, 0.25) is 5.02 Å². The fourth-order valence-electron chi connectivity index (χ4n) is 2.72. The molecule has 4 rings (SSSR count). The summed E-state index contributed by atoms with van der Waals surface area (Å²) in [5, 5.41) is 19.5. The third kappa shape index (κ3) is 4.83. The molecule has 2 amide bonds. The summed E-state index contributed by atoms with van der Waals surface area (Å²) in [6.07, 6.45) is 0. The van der Waals surface area contributed by atoms with Crippen molar-refractivity contribution in [2.45, 2.75) is 0 Å². The largest absolute Gasteiger partial charge is 0.312 e. The number of non-ortho nitro benzene ring substituents is 1. The lowest BCUT2D eigenvalue weighted by molar-refractivity contribution is -0.384. The molecule has 0 saturated heterocycles. The first kappa shape index (κ1) is 21.6. The predicted molar refractivity (Wildman–Crippen MR) is 126 cm³/mol. The van der Waals surface area contributed by atoms with Crippen LogP contribution >= 0.6 is 34.3 Å². The van der Waals surface area contributed by atoms with Crippen LogP contribution in [-0.2, 0) is 0 Å². The Morgan fingerprint density at radius 1 is 0.938 bits per heavy atom. The quantitative estimate of drug-likeness (QED) is 0.259. The summed E-state index contributed by atoms with van der Waals surface area (Å²) in [6, 6.07) is 15.4. The van der Waals surface area contributed by atoms with Gasteiger partial charge < -0.3 is 5.32 Å². The summed E-state index contributed by atoms with van der Waals surface area (Å²) >= 11 is 8.44. The van der Waals surface area contributed by atoms with Gasteiger partial charge in [-0.2, -0.15) is 0 Å². The number of hydrogen-bond acceptors (Lipinski definition) is 7. The molecule has 0 fully saturated rings. The Balaban J connectivity index is 1.58. The van der Waals surface area contributed by atoms with E-state index in [4.69, 9.17) is 11.6 Å². The van der Waals surface area contributed by atoms with Gasteiger partial charge in [-0.25, -0.2) is 4.98 Å². The van der Waals surface area contributed by atoms with Gasteiger partial charge in [0.1, 0.15) is 10.7 Å². The molecule has 32 heavy (non-hydrogen) atoms. The van der Waals surface area contributed by atoms with Crippen molar-refractivity contribution in [1.29, 1.82) is 0 Å². The van der Waals surface area contributed by atoms with E-state index < -0.39 is 10.8 Å². The van der Waals surface area contributed by atoms with Crippen LogP contribution in [0.1, 0.15) is 20.7 Å². The van der Waals surface area contributed by atoms with Crippen molar-refractivity contribution in [3.63, 3.8) is 0 Å². The molecule has 0 aliphatic carbocycles. The highest BCUT2D eigenvalue weighted by Gasteiger charge is 2.19. The predicted octanol–water partition coefficient (Wildman–Crippen LogP) is 5.94. The van der Waals surface area contributed by atoms with Crippen LogP contribution in [0.4, 0.5) is 15.8 Å². The number of nitrogens with zero attached hydrogens (tertiary/aromatic N) is 2. The second kappa shape index (κ2) is 9.27. The smallest absolute Gasteiger partial charge is 0.269 e. The zero-order valence-corrected chi connectivity index (χ0v) is 18.5.